The molecule has 0 fully saturated rings. The first kappa shape index (κ1) is 17.3. The van der Waals surface area contributed by atoms with Gasteiger partial charge in [0.1, 0.15) is 5.75 Å². The van der Waals surface area contributed by atoms with Crippen LogP contribution in [0.2, 0.25) is 0 Å². The Kier molecular flexibility index (Phi) is 7.61. The molecule has 118 valence electrons. The number of benzene rings is 1. The molecule has 0 aliphatic heterocycles. The van der Waals surface area contributed by atoms with Crippen LogP contribution in [0.5, 0.6) is 5.75 Å². The van der Waals surface area contributed by atoms with Gasteiger partial charge < -0.3 is 20.1 Å². The highest BCUT2D eigenvalue weighted by Gasteiger charge is 2.09. The minimum absolute atomic E-state index is 0.00396. The van der Waals surface area contributed by atoms with Crippen LogP contribution < -0.4 is 15.4 Å². The Morgan fingerprint density at radius 1 is 1.19 bits per heavy atom. The summed E-state index contributed by atoms with van der Waals surface area (Å²) in [6.45, 7) is 7.56. The molecule has 21 heavy (non-hydrogen) atoms. The third kappa shape index (κ3) is 6.99. The Morgan fingerprint density at radius 3 is 2.57 bits per heavy atom. The van der Waals surface area contributed by atoms with Gasteiger partial charge in [0.2, 0.25) is 5.91 Å². The maximum atomic E-state index is 11.9. The number of ether oxygens (including phenoxy) is 2. The second kappa shape index (κ2) is 9.23. The number of nitrogens with one attached hydrogen (secondary N) is 2. The van der Waals surface area contributed by atoms with Crippen molar-refractivity contribution < 1.29 is 14.3 Å². The largest absolute Gasteiger partial charge is 0.495 e. The fraction of sp³-hybridized carbons (Fsp3) is 0.562. The molecule has 0 saturated carbocycles. The lowest BCUT2D eigenvalue weighted by Crippen LogP contribution is -2.39. The molecule has 0 heterocycles. The normalized spacial score (nSPS) is 12.0. The zero-order valence-corrected chi connectivity index (χ0v) is 13.3. The fourth-order valence-electron chi connectivity index (χ4n) is 1.81. The molecule has 0 saturated heterocycles. The summed E-state index contributed by atoms with van der Waals surface area (Å²) in [4.78, 5) is 11.9. The van der Waals surface area contributed by atoms with Crippen LogP contribution in [0.25, 0.3) is 0 Å². The average Bonchev–Trinajstić information content (AvgIpc) is 2.45. The average molecular weight is 294 g/mol. The van der Waals surface area contributed by atoms with Gasteiger partial charge in [0.15, 0.2) is 0 Å². The molecular formula is C16H26N2O3. The smallest absolute Gasteiger partial charge is 0.239 e. The quantitative estimate of drug-likeness (QED) is 0.733. The number of methoxy groups -OCH3 is 1. The number of anilines is 1. The van der Waals surface area contributed by atoms with Gasteiger partial charge in [-0.15, -0.1) is 0 Å². The van der Waals surface area contributed by atoms with Gasteiger partial charge in [-0.25, -0.2) is 0 Å². The van der Waals surface area contributed by atoms with Crippen molar-refractivity contribution in [3.05, 3.63) is 24.3 Å². The lowest BCUT2D eigenvalue weighted by Gasteiger charge is -2.16. The molecule has 0 aromatic heterocycles. The van der Waals surface area contributed by atoms with Crippen LogP contribution >= 0.6 is 0 Å². The maximum absolute atomic E-state index is 11.9. The van der Waals surface area contributed by atoms with E-state index < -0.39 is 0 Å². The van der Waals surface area contributed by atoms with Gasteiger partial charge in [0, 0.05) is 12.6 Å². The van der Waals surface area contributed by atoms with Crippen molar-refractivity contribution in [1.82, 2.24) is 5.32 Å². The van der Waals surface area contributed by atoms with Gasteiger partial charge in [-0.2, -0.15) is 0 Å². The molecular weight excluding hydrogens is 268 g/mol. The molecule has 2 N–H and O–H groups in total. The molecule has 1 aromatic rings. The number of para-hydroxylation sites is 2. The number of carbonyl (C=O) groups excluding carboxylic acids is 1. The van der Waals surface area contributed by atoms with E-state index in [1.54, 1.807) is 7.11 Å². The monoisotopic (exact) mass is 294 g/mol. The third-order valence-electron chi connectivity index (χ3n) is 2.77. The first-order chi connectivity index (χ1) is 10.0. The van der Waals surface area contributed by atoms with Crippen LogP contribution in [0.4, 0.5) is 5.69 Å². The van der Waals surface area contributed by atoms with Gasteiger partial charge in [0.25, 0.3) is 0 Å². The van der Waals surface area contributed by atoms with E-state index in [4.69, 9.17) is 9.47 Å². The van der Waals surface area contributed by atoms with Crippen LogP contribution in [0.15, 0.2) is 24.3 Å². The molecule has 1 atom stereocenters. The summed E-state index contributed by atoms with van der Waals surface area (Å²) in [5.74, 6) is 1.15. The predicted molar refractivity (Wildman–Crippen MR) is 84.7 cm³/mol. The Bertz CT molecular complexity index is 435. The van der Waals surface area contributed by atoms with E-state index in [0.717, 1.165) is 11.4 Å². The standard InChI is InChI=1S/C16H26N2O3/c1-12(2)10-21-11-13(3)18-16(19)9-17-14-7-5-6-8-15(14)20-4/h5-8,12-13,17H,9-11H2,1-4H3,(H,18,19)/t13-/m1/s1. The van der Waals surface area contributed by atoms with Crippen LogP contribution in [0.3, 0.4) is 0 Å². The number of amides is 1. The molecule has 1 rings (SSSR count). The number of hydrogen-bond acceptors (Lipinski definition) is 4. The lowest BCUT2D eigenvalue weighted by molar-refractivity contribution is -0.120. The fourth-order valence-corrected chi connectivity index (χ4v) is 1.81. The van der Waals surface area contributed by atoms with Crippen molar-refractivity contribution in [3.63, 3.8) is 0 Å². The molecule has 5 nitrogen and oxygen atoms in total. The van der Waals surface area contributed by atoms with Crippen LogP contribution in [0.1, 0.15) is 20.8 Å². The molecule has 0 bridgehead atoms. The summed E-state index contributed by atoms with van der Waals surface area (Å²) in [6, 6.07) is 7.50. The van der Waals surface area contributed by atoms with Crippen molar-refractivity contribution in [2.75, 3.05) is 32.2 Å². The van der Waals surface area contributed by atoms with Crippen molar-refractivity contribution in [2.24, 2.45) is 5.92 Å². The second-order valence-corrected chi connectivity index (χ2v) is 5.45. The van der Waals surface area contributed by atoms with Gasteiger partial charge in [-0.1, -0.05) is 26.0 Å². The lowest BCUT2D eigenvalue weighted by atomic mass is 10.2. The highest BCUT2D eigenvalue weighted by Crippen LogP contribution is 2.22. The van der Waals surface area contributed by atoms with E-state index in [-0.39, 0.29) is 18.5 Å². The number of hydrogen-bond donors (Lipinski definition) is 2. The van der Waals surface area contributed by atoms with E-state index in [2.05, 4.69) is 24.5 Å². The summed E-state index contributed by atoms with van der Waals surface area (Å²) < 4.78 is 10.7. The molecule has 0 spiro atoms. The molecule has 0 unspecified atom stereocenters. The van der Waals surface area contributed by atoms with Gasteiger partial charge >= 0.3 is 0 Å². The van der Waals surface area contributed by atoms with Gasteiger partial charge in [0.05, 0.1) is 25.9 Å². The van der Waals surface area contributed by atoms with Crippen molar-refractivity contribution in [2.45, 2.75) is 26.8 Å². The van der Waals surface area contributed by atoms with Crippen LogP contribution in [0, 0.1) is 5.92 Å². The van der Waals surface area contributed by atoms with Crippen molar-refractivity contribution in [1.29, 1.82) is 0 Å². The summed E-state index contributed by atoms with van der Waals surface area (Å²) in [7, 11) is 1.61. The van der Waals surface area contributed by atoms with Gasteiger partial charge in [-0.05, 0) is 25.0 Å². The highest BCUT2D eigenvalue weighted by molar-refractivity contribution is 5.81. The minimum Gasteiger partial charge on any atom is -0.495 e. The molecule has 0 aliphatic rings. The van der Waals surface area contributed by atoms with Gasteiger partial charge in [-0.3, -0.25) is 4.79 Å². The highest BCUT2D eigenvalue weighted by atomic mass is 16.5. The van der Waals surface area contributed by atoms with Crippen molar-refractivity contribution in [3.8, 4) is 5.75 Å². The zero-order valence-electron chi connectivity index (χ0n) is 13.3. The predicted octanol–water partition coefficient (Wildman–Crippen LogP) is 2.28. The SMILES string of the molecule is COc1ccccc1NCC(=O)N[C@H](C)COCC(C)C. The van der Waals surface area contributed by atoms with E-state index >= 15 is 0 Å². The van der Waals surface area contributed by atoms with Crippen LogP contribution in [-0.4, -0.2) is 38.8 Å². The summed E-state index contributed by atoms with van der Waals surface area (Å²) in [5, 5.41) is 5.96. The molecule has 1 aromatic carbocycles. The third-order valence-corrected chi connectivity index (χ3v) is 2.77. The maximum Gasteiger partial charge on any atom is 0.239 e. The minimum atomic E-state index is -0.0680. The summed E-state index contributed by atoms with van der Waals surface area (Å²) in [6.07, 6.45) is 0. The second-order valence-electron chi connectivity index (χ2n) is 5.45. The molecule has 0 radical (unpaired) electrons. The molecule has 0 aliphatic carbocycles. The summed E-state index contributed by atoms with van der Waals surface area (Å²) >= 11 is 0. The molecule has 5 heteroatoms. The summed E-state index contributed by atoms with van der Waals surface area (Å²) in [5.41, 5.74) is 0.805. The first-order valence-electron chi connectivity index (χ1n) is 7.27. The van der Waals surface area contributed by atoms with E-state index in [1.165, 1.54) is 0 Å². The number of rotatable bonds is 9. The molecule has 1 amide bonds. The van der Waals surface area contributed by atoms with E-state index in [0.29, 0.717) is 19.1 Å². The Morgan fingerprint density at radius 2 is 1.90 bits per heavy atom. The number of carbonyl (C=O) groups is 1. The van der Waals surface area contributed by atoms with Crippen molar-refractivity contribution >= 4 is 11.6 Å². The Hall–Kier alpha value is -1.75. The topological polar surface area (TPSA) is 59.6 Å². The Labute approximate surface area is 127 Å². The van der Waals surface area contributed by atoms with E-state index in [9.17, 15) is 4.79 Å². The zero-order chi connectivity index (χ0) is 15.7. The van der Waals surface area contributed by atoms with E-state index in [1.807, 2.05) is 31.2 Å². The van der Waals surface area contributed by atoms with Crippen LogP contribution in [-0.2, 0) is 9.53 Å². The Balaban J connectivity index is 2.30. The first-order valence-corrected chi connectivity index (χ1v) is 7.27.